The molecule has 9 nitrogen and oxygen atoms in total. The Labute approximate surface area is 211 Å². The summed E-state index contributed by atoms with van der Waals surface area (Å²) in [6, 6.07) is 13.4. The number of carbonyl (C=O) groups excluding carboxylic acids is 2. The average Bonchev–Trinajstić information content (AvgIpc) is 3.21. The van der Waals surface area contributed by atoms with Crippen molar-refractivity contribution in [3.63, 3.8) is 0 Å². The number of amides is 2. The van der Waals surface area contributed by atoms with Gasteiger partial charge in [0.25, 0.3) is 0 Å². The molecule has 0 unspecified atom stereocenters. The number of fused-ring (bicyclic) bond motifs is 1. The Morgan fingerprint density at radius 2 is 1.81 bits per heavy atom. The number of aromatic nitrogens is 2. The molecule has 1 atom stereocenters. The van der Waals surface area contributed by atoms with E-state index in [1.807, 2.05) is 54.8 Å². The van der Waals surface area contributed by atoms with Gasteiger partial charge in [0.2, 0.25) is 11.8 Å². The van der Waals surface area contributed by atoms with E-state index in [1.54, 1.807) is 36.4 Å². The fourth-order valence-electron chi connectivity index (χ4n) is 4.46. The molecule has 192 valence electrons. The highest BCUT2D eigenvalue weighted by Gasteiger charge is 2.32. The standard InChI is InChI=1S/C27H34N4O5/c1-19(2)31-15-23(36-17-20-11-21(34-3)13-22(12-20)35-4)14-30(16-27(31)33)26(32)9-10-29-18-28-24-7-5-6-8-25(24)29/h5-8,11-13,18-19,23H,9-10,14-17H2,1-4H3/t23-/m1/s1. The van der Waals surface area contributed by atoms with Crippen LogP contribution < -0.4 is 9.47 Å². The molecule has 0 bridgehead atoms. The molecule has 2 amide bonds. The van der Waals surface area contributed by atoms with E-state index >= 15 is 0 Å². The first-order chi connectivity index (χ1) is 17.4. The van der Waals surface area contributed by atoms with Crippen molar-refractivity contribution in [2.24, 2.45) is 0 Å². The molecule has 1 fully saturated rings. The molecule has 9 heteroatoms. The predicted molar refractivity (Wildman–Crippen MR) is 136 cm³/mol. The molecule has 4 rings (SSSR count). The Morgan fingerprint density at radius 3 is 2.50 bits per heavy atom. The lowest BCUT2D eigenvalue weighted by molar-refractivity contribution is -0.139. The molecule has 1 aliphatic heterocycles. The minimum Gasteiger partial charge on any atom is -0.497 e. The Kier molecular flexibility index (Phi) is 8.10. The number of para-hydroxylation sites is 2. The van der Waals surface area contributed by atoms with E-state index in [0.29, 0.717) is 37.7 Å². The van der Waals surface area contributed by atoms with Crippen LogP contribution in [-0.2, 0) is 27.5 Å². The molecule has 0 aliphatic carbocycles. The maximum absolute atomic E-state index is 13.2. The summed E-state index contributed by atoms with van der Waals surface area (Å²) in [7, 11) is 3.21. The third kappa shape index (κ3) is 5.96. The molecule has 0 N–H and O–H groups in total. The third-order valence-corrected chi connectivity index (χ3v) is 6.44. The topological polar surface area (TPSA) is 86.1 Å². The van der Waals surface area contributed by atoms with Gasteiger partial charge in [-0.3, -0.25) is 9.59 Å². The zero-order valence-corrected chi connectivity index (χ0v) is 21.3. The van der Waals surface area contributed by atoms with Gasteiger partial charge in [0.1, 0.15) is 11.5 Å². The number of aryl methyl sites for hydroxylation is 1. The lowest BCUT2D eigenvalue weighted by Gasteiger charge is -2.27. The molecule has 3 aromatic rings. The molecule has 0 spiro atoms. The Hall–Kier alpha value is -3.59. The number of ether oxygens (including phenoxy) is 3. The van der Waals surface area contributed by atoms with Crippen LogP contribution in [0, 0.1) is 0 Å². The van der Waals surface area contributed by atoms with Crippen molar-refractivity contribution >= 4 is 22.8 Å². The summed E-state index contributed by atoms with van der Waals surface area (Å²) >= 11 is 0. The van der Waals surface area contributed by atoms with Crippen LogP contribution in [0.4, 0.5) is 0 Å². The van der Waals surface area contributed by atoms with Gasteiger partial charge in [-0.05, 0) is 43.7 Å². The minimum absolute atomic E-state index is 0.00729. The summed E-state index contributed by atoms with van der Waals surface area (Å²) in [5.41, 5.74) is 2.77. The second-order valence-corrected chi connectivity index (χ2v) is 9.24. The molecule has 2 heterocycles. The summed E-state index contributed by atoms with van der Waals surface area (Å²) in [5, 5.41) is 0. The molecule has 2 aromatic carbocycles. The van der Waals surface area contributed by atoms with E-state index in [9.17, 15) is 9.59 Å². The molecule has 0 radical (unpaired) electrons. The first-order valence-electron chi connectivity index (χ1n) is 12.2. The van der Waals surface area contributed by atoms with Gasteiger partial charge >= 0.3 is 0 Å². The number of rotatable bonds is 9. The fraction of sp³-hybridized carbons (Fsp3) is 0.444. The minimum atomic E-state index is -0.325. The monoisotopic (exact) mass is 494 g/mol. The molecule has 1 aromatic heterocycles. The smallest absolute Gasteiger partial charge is 0.242 e. The van der Waals surface area contributed by atoms with Crippen LogP contribution in [0.2, 0.25) is 0 Å². The number of benzene rings is 2. The maximum atomic E-state index is 13.2. The van der Waals surface area contributed by atoms with Gasteiger partial charge < -0.3 is 28.6 Å². The zero-order chi connectivity index (χ0) is 25.7. The van der Waals surface area contributed by atoms with Gasteiger partial charge in [-0.2, -0.15) is 0 Å². The lowest BCUT2D eigenvalue weighted by Crippen LogP contribution is -2.42. The Balaban J connectivity index is 1.45. The fourth-order valence-corrected chi connectivity index (χ4v) is 4.46. The van der Waals surface area contributed by atoms with Gasteiger partial charge in [-0.15, -0.1) is 0 Å². The van der Waals surface area contributed by atoms with Crippen molar-refractivity contribution in [1.82, 2.24) is 19.4 Å². The van der Waals surface area contributed by atoms with Crippen molar-refractivity contribution in [3.8, 4) is 11.5 Å². The number of nitrogens with zero attached hydrogens (tertiary/aromatic N) is 4. The number of imidazole rings is 1. The summed E-state index contributed by atoms with van der Waals surface area (Å²) in [6.45, 7) is 5.57. The van der Waals surface area contributed by atoms with Crippen LogP contribution in [0.15, 0.2) is 48.8 Å². The van der Waals surface area contributed by atoms with Crippen molar-refractivity contribution in [3.05, 3.63) is 54.4 Å². The van der Waals surface area contributed by atoms with Crippen molar-refractivity contribution < 1.29 is 23.8 Å². The van der Waals surface area contributed by atoms with Crippen LogP contribution in [0.5, 0.6) is 11.5 Å². The van der Waals surface area contributed by atoms with Crippen molar-refractivity contribution in [2.45, 2.75) is 45.6 Å². The van der Waals surface area contributed by atoms with E-state index in [4.69, 9.17) is 14.2 Å². The Morgan fingerprint density at radius 1 is 1.08 bits per heavy atom. The van der Waals surface area contributed by atoms with E-state index < -0.39 is 0 Å². The van der Waals surface area contributed by atoms with Gasteiger partial charge in [-0.25, -0.2) is 4.98 Å². The van der Waals surface area contributed by atoms with Crippen LogP contribution in [0.3, 0.4) is 0 Å². The van der Waals surface area contributed by atoms with Crippen LogP contribution in [0.25, 0.3) is 11.0 Å². The zero-order valence-electron chi connectivity index (χ0n) is 21.3. The highest BCUT2D eigenvalue weighted by molar-refractivity contribution is 5.85. The second-order valence-electron chi connectivity index (χ2n) is 9.24. The van der Waals surface area contributed by atoms with E-state index in [2.05, 4.69) is 4.98 Å². The highest BCUT2D eigenvalue weighted by Crippen LogP contribution is 2.24. The van der Waals surface area contributed by atoms with Crippen LogP contribution >= 0.6 is 0 Å². The summed E-state index contributed by atoms with van der Waals surface area (Å²) < 4.78 is 18.9. The number of hydrogen-bond donors (Lipinski definition) is 0. The molecular formula is C27H34N4O5. The summed E-state index contributed by atoms with van der Waals surface area (Å²) in [5.74, 6) is 1.21. The summed E-state index contributed by atoms with van der Waals surface area (Å²) in [4.78, 5) is 34.0. The Bertz CT molecular complexity index is 1190. The molecule has 1 aliphatic rings. The molecular weight excluding hydrogens is 460 g/mol. The van der Waals surface area contributed by atoms with E-state index in [1.165, 1.54) is 0 Å². The second kappa shape index (κ2) is 11.4. The number of methoxy groups -OCH3 is 2. The van der Waals surface area contributed by atoms with Gasteiger partial charge in [0, 0.05) is 38.2 Å². The first kappa shape index (κ1) is 25.5. The average molecular weight is 495 g/mol. The van der Waals surface area contributed by atoms with Crippen LogP contribution in [-0.4, -0.2) is 77.2 Å². The van der Waals surface area contributed by atoms with Crippen molar-refractivity contribution in [1.29, 1.82) is 0 Å². The number of hydrogen-bond acceptors (Lipinski definition) is 6. The lowest BCUT2D eigenvalue weighted by atomic mass is 10.2. The van der Waals surface area contributed by atoms with Crippen LogP contribution in [0.1, 0.15) is 25.8 Å². The quantitative estimate of drug-likeness (QED) is 0.454. The van der Waals surface area contributed by atoms with E-state index in [-0.39, 0.29) is 36.9 Å². The van der Waals surface area contributed by atoms with Gasteiger partial charge in [0.15, 0.2) is 0 Å². The van der Waals surface area contributed by atoms with Gasteiger partial charge in [-0.1, -0.05) is 12.1 Å². The third-order valence-electron chi connectivity index (χ3n) is 6.44. The van der Waals surface area contributed by atoms with E-state index in [0.717, 1.165) is 16.6 Å². The number of carbonyl (C=O) groups is 2. The summed E-state index contributed by atoms with van der Waals surface area (Å²) in [6.07, 6.45) is 1.70. The largest absolute Gasteiger partial charge is 0.497 e. The SMILES string of the molecule is COc1cc(CO[C@@H]2CN(C(=O)CCn3cnc4ccccc43)CC(=O)N(C(C)C)C2)cc(OC)c1. The predicted octanol–water partition coefficient (Wildman–Crippen LogP) is 3.11. The van der Waals surface area contributed by atoms with Gasteiger partial charge in [0.05, 0.1) is 50.8 Å². The molecule has 36 heavy (non-hydrogen) atoms. The normalized spacial score (nSPS) is 16.5. The molecule has 1 saturated heterocycles. The first-order valence-corrected chi connectivity index (χ1v) is 12.2. The highest BCUT2D eigenvalue weighted by atomic mass is 16.5. The van der Waals surface area contributed by atoms with Crippen molar-refractivity contribution in [2.75, 3.05) is 33.9 Å². The molecule has 0 saturated carbocycles. The maximum Gasteiger partial charge on any atom is 0.242 e.